The summed E-state index contributed by atoms with van der Waals surface area (Å²) in [4.78, 5) is 13.3. The summed E-state index contributed by atoms with van der Waals surface area (Å²) >= 11 is 0. The van der Waals surface area contributed by atoms with Crippen molar-refractivity contribution in [2.24, 2.45) is 5.92 Å². The van der Waals surface area contributed by atoms with Crippen molar-refractivity contribution in [1.29, 1.82) is 5.26 Å². The molecule has 1 atom stereocenters. The topological polar surface area (TPSA) is 62.1 Å². The molecule has 4 aromatic carbocycles. The minimum atomic E-state index is -0.105. The fourth-order valence-corrected chi connectivity index (χ4v) is 4.16. The molecule has 0 aliphatic carbocycles. The number of carbonyl (C=O) groups excluding carboxylic acids is 1. The lowest BCUT2D eigenvalue weighted by atomic mass is 9.92. The number of hydrogen-bond acceptors (Lipinski definition) is 3. The smallest absolute Gasteiger partial charge is 0.251 e. The Morgan fingerprint density at radius 1 is 0.941 bits per heavy atom. The summed E-state index contributed by atoms with van der Waals surface area (Å²) in [6.45, 7) is 4.65. The Morgan fingerprint density at radius 3 is 2.53 bits per heavy atom. The molecule has 4 nitrogen and oxygen atoms in total. The highest BCUT2D eigenvalue weighted by atomic mass is 16.5. The summed E-state index contributed by atoms with van der Waals surface area (Å²) in [6, 6.07) is 31.1. The number of ether oxygens (including phenoxy) is 1. The second-order valence-corrected chi connectivity index (χ2v) is 8.85. The molecule has 0 bridgehead atoms. The fraction of sp³-hybridized carbons (Fsp3) is 0.200. The SMILES string of the molecule is CC(C)CC(NC(=O)c1cccc(COc2cccc(C#N)c2)c1)c1cccc2ccccc12. The van der Waals surface area contributed by atoms with Gasteiger partial charge in [0.15, 0.2) is 0 Å². The third-order valence-corrected chi connectivity index (χ3v) is 5.77. The number of nitrogens with zero attached hydrogens (tertiary/aromatic N) is 1. The first-order chi connectivity index (χ1) is 16.5. The standard InChI is InChI=1S/C30H28N2O2/c1-21(2)16-29(28-15-7-11-24-10-3-4-14-27(24)28)32-30(33)25-12-5-9-23(17-25)20-34-26-13-6-8-22(18-26)19-31/h3-15,17-18,21,29H,16,20H2,1-2H3,(H,32,33). The largest absolute Gasteiger partial charge is 0.489 e. The molecule has 4 rings (SSSR count). The lowest BCUT2D eigenvalue weighted by molar-refractivity contribution is 0.0932. The first kappa shape index (κ1) is 23.1. The van der Waals surface area contributed by atoms with Crippen LogP contribution in [0.1, 0.15) is 53.4 Å². The number of nitriles is 1. The highest BCUT2D eigenvalue weighted by Gasteiger charge is 2.19. The Balaban J connectivity index is 1.52. The second kappa shape index (κ2) is 10.7. The lowest BCUT2D eigenvalue weighted by Crippen LogP contribution is -2.29. The fourth-order valence-electron chi connectivity index (χ4n) is 4.16. The third kappa shape index (κ3) is 5.63. The predicted octanol–water partition coefficient (Wildman–Crippen LogP) is 6.81. The average Bonchev–Trinajstić information content (AvgIpc) is 2.86. The third-order valence-electron chi connectivity index (χ3n) is 5.77. The molecule has 170 valence electrons. The Kier molecular flexibility index (Phi) is 7.25. The summed E-state index contributed by atoms with van der Waals surface area (Å²) < 4.78 is 5.84. The molecule has 0 heterocycles. The zero-order valence-electron chi connectivity index (χ0n) is 19.5. The van der Waals surface area contributed by atoms with E-state index in [-0.39, 0.29) is 11.9 Å². The molecule has 0 aromatic heterocycles. The van der Waals surface area contributed by atoms with Crippen molar-refractivity contribution in [2.45, 2.75) is 32.9 Å². The Labute approximate surface area is 200 Å². The molecule has 0 saturated carbocycles. The second-order valence-electron chi connectivity index (χ2n) is 8.85. The average molecular weight is 449 g/mol. The van der Waals surface area contributed by atoms with Crippen molar-refractivity contribution >= 4 is 16.7 Å². The first-order valence-electron chi connectivity index (χ1n) is 11.5. The summed E-state index contributed by atoms with van der Waals surface area (Å²) in [5.74, 6) is 0.946. The van der Waals surface area contributed by atoms with Crippen molar-refractivity contribution in [1.82, 2.24) is 5.32 Å². The lowest BCUT2D eigenvalue weighted by Gasteiger charge is -2.23. The zero-order chi connectivity index (χ0) is 23.9. The van der Waals surface area contributed by atoms with E-state index in [4.69, 9.17) is 10.00 Å². The predicted molar refractivity (Wildman–Crippen MR) is 136 cm³/mol. The van der Waals surface area contributed by atoms with E-state index >= 15 is 0 Å². The van der Waals surface area contributed by atoms with Gasteiger partial charge in [0.2, 0.25) is 0 Å². The molecular weight excluding hydrogens is 420 g/mol. The Morgan fingerprint density at radius 2 is 1.71 bits per heavy atom. The zero-order valence-corrected chi connectivity index (χ0v) is 19.5. The molecule has 0 fully saturated rings. The van der Waals surface area contributed by atoms with Gasteiger partial charge in [-0.2, -0.15) is 5.26 Å². The van der Waals surface area contributed by atoms with Crippen LogP contribution >= 0.6 is 0 Å². The van der Waals surface area contributed by atoms with Gasteiger partial charge in [0.05, 0.1) is 17.7 Å². The van der Waals surface area contributed by atoms with Crippen molar-refractivity contribution < 1.29 is 9.53 Å². The Hall–Kier alpha value is -4.10. The van der Waals surface area contributed by atoms with Crippen LogP contribution in [0.15, 0.2) is 91.0 Å². The van der Waals surface area contributed by atoms with Gasteiger partial charge in [-0.25, -0.2) is 0 Å². The van der Waals surface area contributed by atoms with Crippen LogP contribution in [0.2, 0.25) is 0 Å². The van der Waals surface area contributed by atoms with Gasteiger partial charge in [-0.15, -0.1) is 0 Å². The van der Waals surface area contributed by atoms with E-state index in [0.717, 1.165) is 22.9 Å². The van der Waals surface area contributed by atoms with Gasteiger partial charge in [0, 0.05) is 5.56 Å². The van der Waals surface area contributed by atoms with Gasteiger partial charge < -0.3 is 10.1 Å². The monoisotopic (exact) mass is 448 g/mol. The van der Waals surface area contributed by atoms with Crippen molar-refractivity contribution in [3.63, 3.8) is 0 Å². The summed E-state index contributed by atoms with van der Waals surface area (Å²) in [5.41, 5.74) is 3.17. The molecule has 0 saturated heterocycles. The van der Waals surface area contributed by atoms with E-state index < -0.39 is 0 Å². The van der Waals surface area contributed by atoms with E-state index in [1.54, 1.807) is 18.2 Å². The normalized spacial score (nSPS) is 11.7. The van der Waals surface area contributed by atoms with E-state index in [9.17, 15) is 4.79 Å². The summed E-state index contributed by atoms with van der Waals surface area (Å²) in [6.07, 6.45) is 0.845. The van der Waals surface area contributed by atoms with Crippen molar-refractivity contribution in [2.75, 3.05) is 0 Å². The van der Waals surface area contributed by atoms with E-state index in [0.29, 0.717) is 29.4 Å². The number of carbonyl (C=O) groups is 1. The maximum absolute atomic E-state index is 13.3. The first-order valence-corrected chi connectivity index (χ1v) is 11.5. The van der Waals surface area contributed by atoms with Crippen LogP contribution in [0.25, 0.3) is 10.8 Å². The van der Waals surface area contributed by atoms with Gasteiger partial charge in [-0.05, 0) is 64.6 Å². The van der Waals surface area contributed by atoms with Crippen molar-refractivity contribution in [3.05, 3.63) is 113 Å². The van der Waals surface area contributed by atoms with Crippen LogP contribution in [0.5, 0.6) is 5.75 Å². The molecule has 1 amide bonds. The highest BCUT2D eigenvalue weighted by Crippen LogP contribution is 2.29. The number of nitrogens with one attached hydrogen (secondary N) is 1. The number of benzene rings is 4. The van der Waals surface area contributed by atoms with Gasteiger partial charge >= 0.3 is 0 Å². The summed E-state index contributed by atoms with van der Waals surface area (Å²) in [5, 5.41) is 14.7. The highest BCUT2D eigenvalue weighted by molar-refractivity contribution is 5.95. The van der Waals surface area contributed by atoms with Crippen molar-refractivity contribution in [3.8, 4) is 11.8 Å². The maximum atomic E-state index is 13.3. The molecule has 0 aliphatic rings. The minimum Gasteiger partial charge on any atom is -0.489 e. The molecule has 34 heavy (non-hydrogen) atoms. The number of hydrogen-bond donors (Lipinski definition) is 1. The van der Waals surface area contributed by atoms with E-state index in [2.05, 4.69) is 55.6 Å². The Bertz CT molecular complexity index is 1330. The van der Waals surface area contributed by atoms with Gasteiger partial charge in [-0.3, -0.25) is 4.79 Å². The molecule has 4 heteroatoms. The molecular formula is C30H28N2O2. The van der Waals surface area contributed by atoms with Crippen LogP contribution in [-0.2, 0) is 6.61 Å². The van der Waals surface area contributed by atoms with E-state index in [1.807, 2.05) is 42.5 Å². The van der Waals surface area contributed by atoms with Crippen LogP contribution in [0, 0.1) is 17.2 Å². The molecule has 4 aromatic rings. The van der Waals surface area contributed by atoms with Crippen LogP contribution in [0.3, 0.4) is 0 Å². The van der Waals surface area contributed by atoms with Gasteiger partial charge in [-0.1, -0.05) is 74.5 Å². The van der Waals surface area contributed by atoms with Crippen LogP contribution in [-0.4, -0.2) is 5.91 Å². The molecule has 0 spiro atoms. The van der Waals surface area contributed by atoms with Crippen LogP contribution in [0.4, 0.5) is 0 Å². The summed E-state index contributed by atoms with van der Waals surface area (Å²) in [7, 11) is 0. The van der Waals surface area contributed by atoms with Crippen LogP contribution < -0.4 is 10.1 Å². The molecule has 1 unspecified atom stereocenters. The minimum absolute atomic E-state index is 0.0905. The van der Waals surface area contributed by atoms with Gasteiger partial charge in [0.25, 0.3) is 5.91 Å². The molecule has 1 N–H and O–H groups in total. The maximum Gasteiger partial charge on any atom is 0.251 e. The molecule has 0 radical (unpaired) electrons. The number of rotatable bonds is 8. The molecule has 0 aliphatic heterocycles. The van der Waals surface area contributed by atoms with Gasteiger partial charge in [0.1, 0.15) is 12.4 Å². The number of fused-ring (bicyclic) bond motifs is 1. The van der Waals surface area contributed by atoms with E-state index in [1.165, 1.54) is 5.39 Å². The quantitative estimate of drug-likeness (QED) is 0.322. The number of amides is 1.